The summed E-state index contributed by atoms with van der Waals surface area (Å²) in [7, 11) is 0. The van der Waals surface area contributed by atoms with Crippen molar-refractivity contribution in [3.8, 4) is 0 Å². The van der Waals surface area contributed by atoms with Gasteiger partial charge < -0.3 is 9.84 Å². The van der Waals surface area contributed by atoms with Crippen LogP contribution in [0.1, 0.15) is 0 Å². The number of halogens is 1. The fourth-order valence-corrected chi connectivity index (χ4v) is 0.749. The molecule has 0 aliphatic carbocycles. The summed E-state index contributed by atoms with van der Waals surface area (Å²) >= 11 is 3.22. The van der Waals surface area contributed by atoms with E-state index in [1.165, 1.54) is 0 Å². The Morgan fingerprint density at radius 2 is 2.25 bits per heavy atom. The van der Waals surface area contributed by atoms with Crippen LogP contribution in [0.15, 0.2) is 36.6 Å². The Bertz CT molecular complexity index is 185. The van der Waals surface area contributed by atoms with E-state index < -0.39 is 0 Å². The molecule has 0 bridgehead atoms. The highest BCUT2D eigenvalue weighted by Crippen LogP contribution is 2.03. The van der Waals surface area contributed by atoms with Gasteiger partial charge in [0.2, 0.25) is 0 Å². The Balaban J connectivity index is 3.93. The van der Waals surface area contributed by atoms with E-state index >= 15 is 0 Å². The molecule has 0 aliphatic rings. The van der Waals surface area contributed by atoms with E-state index in [1.54, 1.807) is 12.2 Å². The maximum absolute atomic E-state index is 8.75. The second-order valence-electron chi connectivity index (χ2n) is 2.09. The molecule has 12 heavy (non-hydrogen) atoms. The first-order valence-corrected chi connectivity index (χ1v) is 4.68. The molecule has 0 aromatic rings. The summed E-state index contributed by atoms with van der Waals surface area (Å²) in [6.07, 6.45) is 3.23. The van der Waals surface area contributed by atoms with E-state index in [0.29, 0.717) is 17.9 Å². The SMILES string of the molecule is C=C/C(=C\C(=C)OCCBr)CO. The number of aliphatic hydroxyl groups is 1. The van der Waals surface area contributed by atoms with Crippen LogP contribution in [-0.4, -0.2) is 23.7 Å². The zero-order valence-corrected chi connectivity index (χ0v) is 8.51. The van der Waals surface area contributed by atoms with Crippen molar-refractivity contribution in [2.75, 3.05) is 18.5 Å². The molecule has 0 unspecified atom stereocenters. The molecule has 0 aliphatic heterocycles. The first-order valence-electron chi connectivity index (χ1n) is 3.56. The predicted octanol–water partition coefficient (Wildman–Crippen LogP) is 2.02. The topological polar surface area (TPSA) is 29.5 Å². The largest absolute Gasteiger partial charge is 0.493 e. The summed E-state index contributed by atoms with van der Waals surface area (Å²) in [5.74, 6) is 0.540. The zero-order valence-electron chi connectivity index (χ0n) is 6.92. The monoisotopic (exact) mass is 232 g/mol. The van der Waals surface area contributed by atoms with Crippen LogP contribution in [0.4, 0.5) is 0 Å². The van der Waals surface area contributed by atoms with E-state index in [1.807, 2.05) is 0 Å². The van der Waals surface area contributed by atoms with Crippen LogP contribution in [-0.2, 0) is 4.74 Å². The van der Waals surface area contributed by atoms with Crippen molar-refractivity contribution >= 4 is 15.9 Å². The molecule has 0 spiro atoms. The van der Waals surface area contributed by atoms with E-state index in [9.17, 15) is 0 Å². The number of aliphatic hydroxyl groups excluding tert-OH is 1. The molecule has 0 saturated heterocycles. The zero-order chi connectivity index (χ0) is 9.40. The fourth-order valence-electron chi connectivity index (χ4n) is 0.587. The van der Waals surface area contributed by atoms with Crippen LogP contribution < -0.4 is 0 Å². The highest BCUT2D eigenvalue weighted by molar-refractivity contribution is 9.09. The molecule has 0 aromatic heterocycles. The van der Waals surface area contributed by atoms with Crippen LogP contribution in [0.5, 0.6) is 0 Å². The number of rotatable bonds is 6. The summed E-state index contributed by atoms with van der Waals surface area (Å²) in [4.78, 5) is 0. The molecule has 0 rings (SSSR count). The maximum atomic E-state index is 8.75. The van der Waals surface area contributed by atoms with E-state index in [2.05, 4.69) is 29.1 Å². The van der Waals surface area contributed by atoms with Gasteiger partial charge in [0.1, 0.15) is 5.76 Å². The minimum atomic E-state index is -0.0415. The van der Waals surface area contributed by atoms with Gasteiger partial charge in [-0.2, -0.15) is 0 Å². The predicted molar refractivity (Wildman–Crippen MR) is 54.3 cm³/mol. The highest BCUT2D eigenvalue weighted by atomic mass is 79.9. The highest BCUT2D eigenvalue weighted by Gasteiger charge is 1.92. The lowest BCUT2D eigenvalue weighted by molar-refractivity contribution is 0.247. The molecule has 0 amide bonds. The van der Waals surface area contributed by atoms with Gasteiger partial charge in [-0.1, -0.05) is 35.2 Å². The Morgan fingerprint density at radius 3 is 2.67 bits per heavy atom. The summed E-state index contributed by atoms with van der Waals surface area (Å²) in [6, 6.07) is 0. The Hall–Kier alpha value is -0.540. The third-order valence-electron chi connectivity index (χ3n) is 1.16. The van der Waals surface area contributed by atoms with Gasteiger partial charge in [0.25, 0.3) is 0 Å². The van der Waals surface area contributed by atoms with Gasteiger partial charge in [0.05, 0.1) is 13.2 Å². The normalized spacial score (nSPS) is 11.0. The number of hydrogen-bond donors (Lipinski definition) is 1. The third-order valence-corrected chi connectivity index (χ3v) is 1.48. The smallest absolute Gasteiger partial charge is 0.112 e. The summed E-state index contributed by atoms with van der Waals surface area (Å²) in [5, 5.41) is 9.52. The Labute approximate surface area is 81.4 Å². The molecule has 2 nitrogen and oxygen atoms in total. The van der Waals surface area contributed by atoms with Crippen LogP contribution in [0.2, 0.25) is 0 Å². The molecule has 0 fully saturated rings. The van der Waals surface area contributed by atoms with Crippen molar-refractivity contribution in [1.29, 1.82) is 0 Å². The van der Waals surface area contributed by atoms with Crippen molar-refractivity contribution in [2.45, 2.75) is 0 Å². The van der Waals surface area contributed by atoms with Crippen LogP contribution in [0.3, 0.4) is 0 Å². The summed E-state index contributed by atoms with van der Waals surface area (Å²) < 4.78 is 5.15. The van der Waals surface area contributed by atoms with Gasteiger partial charge in [-0.05, 0) is 11.6 Å². The molecule has 1 N–H and O–H groups in total. The number of hydrogen-bond acceptors (Lipinski definition) is 2. The van der Waals surface area contributed by atoms with Gasteiger partial charge in [-0.15, -0.1) is 0 Å². The number of allylic oxidation sites excluding steroid dienone is 1. The maximum Gasteiger partial charge on any atom is 0.112 e. The lowest BCUT2D eigenvalue weighted by atomic mass is 10.2. The van der Waals surface area contributed by atoms with Gasteiger partial charge in [0, 0.05) is 5.33 Å². The quantitative estimate of drug-likeness (QED) is 0.432. The van der Waals surface area contributed by atoms with Crippen LogP contribution >= 0.6 is 15.9 Å². The van der Waals surface area contributed by atoms with Gasteiger partial charge >= 0.3 is 0 Å². The molecule has 68 valence electrons. The Morgan fingerprint density at radius 1 is 1.58 bits per heavy atom. The Kier molecular flexibility index (Phi) is 6.81. The molecule has 0 aromatic carbocycles. The average Bonchev–Trinajstić information content (AvgIpc) is 2.10. The fraction of sp³-hybridized carbons (Fsp3) is 0.333. The molecule has 3 heteroatoms. The van der Waals surface area contributed by atoms with E-state index in [0.717, 1.165) is 5.33 Å². The van der Waals surface area contributed by atoms with Crippen molar-refractivity contribution in [3.05, 3.63) is 36.6 Å². The van der Waals surface area contributed by atoms with Crippen LogP contribution in [0, 0.1) is 0 Å². The molecular formula is C9H13BrO2. The number of ether oxygens (including phenoxy) is 1. The average molecular weight is 233 g/mol. The second kappa shape index (κ2) is 7.13. The summed E-state index contributed by atoms with van der Waals surface area (Å²) in [6.45, 7) is 7.71. The minimum Gasteiger partial charge on any atom is -0.493 e. The second-order valence-corrected chi connectivity index (χ2v) is 2.88. The van der Waals surface area contributed by atoms with Crippen molar-refractivity contribution < 1.29 is 9.84 Å². The molecule has 0 atom stereocenters. The van der Waals surface area contributed by atoms with Gasteiger partial charge in [-0.3, -0.25) is 0 Å². The number of alkyl halides is 1. The lowest BCUT2D eigenvalue weighted by Gasteiger charge is -2.03. The van der Waals surface area contributed by atoms with Crippen molar-refractivity contribution in [1.82, 2.24) is 0 Å². The first kappa shape index (κ1) is 11.5. The first-order chi connectivity index (χ1) is 5.74. The minimum absolute atomic E-state index is 0.0415. The lowest BCUT2D eigenvalue weighted by Crippen LogP contribution is -1.94. The van der Waals surface area contributed by atoms with E-state index in [-0.39, 0.29) is 6.61 Å². The van der Waals surface area contributed by atoms with E-state index in [4.69, 9.17) is 9.84 Å². The van der Waals surface area contributed by atoms with Gasteiger partial charge in [0.15, 0.2) is 0 Å². The van der Waals surface area contributed by atoms with Gasteiger partial charge in [-0.25, -0.2) is 0 Å². The van der Waals surface area contributed by atoms with Crippen molar-refractivity contribution in [2.24, 2.45) is 0 Å². The molecule has 0 radical (unpaired) electrons. The molecule has 0 saturated carbocycles. The third kappa shape index (κ3) is 5.16. The van der Waals surface area contributed by atoms with Crippen LogP contribution in [0.25, 0.3) is 0 Å². The molecule has 0 heterocycles. The summed E-state index contributed by atoms with van der Waals surface area (Å²) in [5.41, 5.74) is 0.703. The molecular weight excluding hydrogens is 220 g/mol. The van der Waals surface area contributed by atoms with Crippen molar-refractivity contribution in [3.63, 3.8) is 0 Å². The standard InChI is InChI=1S/C9H13BrO2/c1-3-9(7-11)6-8(2)12-5-4-10/h3,6,11H,1-2,4-5,7H2/b9-6+.